The third-order valence-corrected chi connectivity index (χ3v) is 6.99. The monoisotopic (exact) mass is 468 g/mol. The van der Waals surface area contributed by atoms with Crippen LogP contribution in [0, 0.1) is 0 Å². The van der Waals surface area contributed by atoms with Crippen LogP contribution in [0.1, 0.15) is 44.6 Å². The molecule has 168 valence electrons. The summed E-state index contributed by atoms with van der Waals surface area (Å²) in [5, 5.41) is 0.692. The Labute approximate surface area is 196 Å². The summed E-state index contributed by atoms with van der Waals surface area (Å²) in [6.45, 7) is 2.19. The zero-order valence-electron chi connectivity index (χ0n) is 18.5. The van der Waals surface area contributed by atoms with E-state index >= 15 is 0 Å². The summed E-state index contributed by atoms with van der Waals surface area (Å²) in [4.78, 5) is 0. The van der Waals surface area contributed by atoms with Gasteiger partial charge in [0.15, 0.2) is 0 Å². The smallest absolute Gasteiger partial charge is 0.416 e. The lowest BCUT2D eigenvalue weighted by atomic mass is 10.0. The minimum atomic E-state index is -3.52. The molecule has 0 saturated carbocycles. The summed E-state index contributed by atoms with van der Waals surface area (Å²) in [5.41, 5.74) is 2.06. The van der Waals surface area contributed by atoms with Gasteiger partial charge >= 0.3 is 7.60 Å². The largest absolute Gasteiger partial charge is 0.434 e. The molecule has 0 aliphatic rings. The maximum Gasteiger partial charge on any atom is 0.434 e. The molecule has 3 aromatic rings. The molecule has 0 aliphatic heterocycles. The number of allylic oxidation sites excluding steroid dienone is 1. The molecule has 0 N–H and O–H groups in total. The van der Waals surface area contributed by atoms with Crippen LogP contribution in [0.4, 0.5) is 0 Å². The van der Waals surface area contributed by atoms with Gasteiger partial charge in [0, 0.05) is 5.02 Å². The fraction of sp³-hybridized carbons (Fsp3) is 0.259. The van der Waals surface area contributed by atoms with Gasteiger partial charge in [-0.1, -0.05) is 98.0 Å². The second-order valence-corrected chi connectivity index (χ2v) is 10.1. The van der Waals surface area contributed by atoms with Crippen LogP contribution in [0.3, 0.4) is 0 Å². The molecule has 3 nitrogen and oxygen atoms in total. The van der Waals surface area contributed by atoms with Gasteiger partial charge in [-0.3, -0.25) is 0 Å². The summed E-state index contributed by atoms with van der Waals surface area (Å²) >= 11 is 6.05. The molecule has 0 fully saturated rings. The number of benzene rings is 3. The van der Waals surface area contributed by atoms with Gasteiger partial charge in [-0.2, -0.15) is 0 Å². The second kappa shape index (κ2) is 12.5. The van der Waals surface area contributed by atoms with Crippen LogP contribution < -0.4 is 9.05 Å². The molecule has 0 amide bonds. The first-order valence-electron chi connectivity index (χ1n) is 11.1. The SMILES string of the molecule is CCCCCC/C(=C\c1ccc(Cl)cc1)CP(=O)(Oc1ccccc1)Oc1ccccc1. The van der Waals surface area contributed by atoms with Crippen LogP contribution in [-0.4, -0.2) is 6.16 Å². The van der Waals surface area contributed by atoms with Crippen molar-refractivity contribution in [2.24, 2.45) is 0 Å². The normalized spacial score (nSPS) is 11.9. The van der Waals surface area contributed by atoms with E-state index in [1.165, 1.54) is 12.8 Å². The average Bonchev–Trinajstić information content (AvgIpc) is 2.79. The van der Waals surface area contributed by atoms with E-state index < -0.39 is 7.60 Å². The first kappa shape index (κ1) is 24.2. The molecule has 0 aliphatic carbocycles. The molecular weight excluding hydrogens is 439 g/mol. The zero-order chi connectivity index (χ0) is 22.7. The minimum absolute atomic E-state index is 0.214. The number of unbranched alkanes of at least 4 members (excludes halogenated alkanes) is 3. The Hall–Kier alpha value is -2.48. The summed E-state index contributed by atoms with van der Waals surface area (Å²) in [5.74, 6) is 1.06. The van der Waals surface area contributed by atoms with Gasteiger partial charge in [0.25, 0.3) is 0 Å². The summed E-state index contributed by atoms with van der Waals surface area (Å²) in [7, 11) is -3.52. The van der Waals surface area contributed by atoms with Gasteiger partial charge in [0.2, 0.25) is 0 Å². The van der Waals surface area contributed by atoms with Crippen molar-refractivity contribution in [1.29, 1.82) is 0 Å². The Morgan fingerprint density at radius 2 is 1.38 bits per heavy atom. The molecule has 0 unspecified atom stereocenters. The minimum Gasteiger partial charge on any atom is -0.416 e. The van der Waals surface area contributed by atoms with Crippen LogP contribution in [0.5, 0.6) is 11.5 Å². The molecule has 0 atom stereocenters. The highest BCUT2D eigenvalue weighted by atomic mass is 35.5. The maximum absolute atomic E-state index is 14.0. The van der Waals surface area contributed by atoms with Crippen molar-refractivity contribution in [1.82, 2.24) is 0 Å². The highest BCUT2D eigenvalue weighted by Crippen LogP contribution is 2.50. The Balaban J connectivity index is 1.88. The lowest BCUT2D eigenvalue weighted by molar-refractivity contribution is 0.388. The highest BCUT2D eigenvalue weighted by molar-refractivity contribution is 7.55. The third-order valence-electron chi connectivity index (χ3n) is 4.96. The summed E-state index contributed by atoms with van der Waals surface area (Å²) < 4.78 is 26.0. The van der Waals surface area contributed by atoms with Crippen molar-refractivity contribution in [2.75, 3.05) is 6.16 Å². The van der Waals surface area contributed by atoms with Crippen LogP contribution in [0.25, 0.3) is 6.08 Å². The number of rotatable bonds is 12. The predicted molar refractivity (Wildman–Crippen MR) is 135 cm³/mol. The highest BCUT2D eigenvalue weighted by Gasteiger charge is 2.30. The van der Waals surface area contributed by atoms with Gasteiger partial charge in [-0.05, 0) is 54.8 Å². The van der Waals surface area contributed by atoms with Gasteiger partial charge in [-0.15, -0.1) is 0 Å². The number of hydrogen-bond acceptors (Lipinski definition) is 3. The summed E-state index contributed by atoms with van der Waals surface area (Å²) in [6, 6.07) is 26.1. The van der Waals surface area contributed by atoms with Crippen LogP contribution >= 0.6 is 19.2 Å². The topological polar surface area (TPSA) is 35.5 Å². The van der Waals surface area contributed by atoms with Gasteiger partial charge in [0.05, 0.1) is 6.16 Å². The number of halogens is 1. The molecule has 3 rings (SSSR count). The quantitative estimate of drug-likeness (QED) is 0.196. The van der Waals surface area contributed by atoms with Crippen LogP contribution in [-0.2, 0) is 4.57 Å². The van der Waals surface area contributed by atoms with E-state index in [0.717, 1.165) is 30.4 Å². The van der Waals surface area contributed by atoms with Gasteiger partial charge in [-0.25, -0.2) is 4.57 Å². The van der Waals surface area contributed by atoms with Crippen molar-refractivity contribution in [2.45, 2.75) is 39.0 Å². The summed E-state index contributed by atoms with van der Waals surface area (Å²) in [6.07, 6.45) is 7.66. The molecule has 0 radical (unpaired) electrons. The van der Waals surface area contributed by atoms with Gasteiger partial charge in [0.1, 0.15) is 11.5 Å². The molecule has 0 saturated heterocycles. The van der Waals surface area contributed by atoms with Crippen molar-refractivity contribution < 1.29 is 13.6 Å². The molecule has 0 spiro atoms. The molecule has 5 heteroatoms. The van der Waals surface area contributed by atoms with Crippen LogP contribution in [0.15, 0.2) is 90.5 Å². The fourth-order valence-electron chi connectivity index (χ4n) is 3.39. The Kier molecular flexibility index (Phi) is 9.46. The first-order valence-corrected chi connectivity index (χ1v) is 13.2. The molecule has 0 heterocycles. The van der Waals surface area contributed by atoms with Crippen molar-refractivity contribution in [3.05, 3.63) is 101 Å². The molecule has 0 aromatic heterocycles. The van der Waals surface area contributed by atoms with E-state index in [-0.39, 0.29) is 6.16 Å². The van der Waals surface area contributed by atoms with Crippen molar-refractivity contribution in [3.63, 3.8) is 0 Å². The first-order chi connectivity index (χ1) is 15.6. The maximum atomic E-state index is 14.0. The Bertz CT molecular complexity index is 972. The molecule has 0 bridgehead atoms. The lowest BCUT2D eigenvalue weighted by Gasteiger charge is -2.21. The average molecular weight is 469 g/mol. The van der Waals surface area contributed by atoms with E-state index in [0.29, 0.717) is 16.5 Å². The lowest BCUT2D eigenvalue weighted by Crippen LogP contribution is -2.07. The molecule has 32 heavy (non-hydrogen) atoms. The van der Waals surface area contributed by atoms with E-state index in [4.69, 9.17) is 20.6 Å². The fourth-order valence-corrected chi connectivity index (χ4v) is 5.31. The number of hydrogen-bond donors (Lipinski definition) is 0. The standard InChI is InChI=1S/C27H30ClO3P/c1-2-3-4-7-12-24(21-23-17-19-25(28)20-18-23)22-32(29,30-26-13-8-5-9-14-26)31-27-15-10-6-11-16-27/h5-6,8-11,13-21H,2-4,7,12,22H2,1H3/b24-21+. The van der Waals surface area contributed by atoms with E-state index in [9.17, 15) is 4.57 Å². The van der Waals surface area contributed by atoms with E-state index in [1.807, 2.05) is 60.7 Å². The third kappa shape index (κ3) is 8.22. The van der Waals surface area contributed by atoms with E-state index in [2.05, 4.69) is 13.0 Å². The molecular formula is C27H30ClO3P. The van der Waals surface area contributed by atoms with Gasteiger partial charge < -0.3 is 9.05 Å². The number of para-hydroxylation sites is 2. The van der Waals surface area contributed by atoms with Crippen molar-refractivity contribution in [3.8, 4) is 11.5 Å². The zero-order valence-corrected chi connectivity index (χ0v) is 20.1. The van der Waals surface area contributed by atoms with Crippen molar-refractivity contribution >= 4 is 25.3 Å². The Morgan fingerprint density at radius 3 is 1.91 bits per heavy atom. The Morgan fingerprint density at radius 1 is 0.812 bits per heavy atom. The van der Waals surface area contributed by atoms with Crippen LogP contribution in [0.2, 0.25) is 5.02 Å². The second-order valence-electron chi connectivity index (χ2n) is 7.74. The molecule has 3 aromatic carbocycles. The predicted octanol–water partition coefficient (Wildman–Crippen LogP) is 9.04. The van der Waals surface area contributed by atoms with E-state index in [1.54, 1.807) is 24.3 Å².